The molecule has 0 N–H and O–H groups in total. The number of carbonyl (C=O) groups is 1. The van der Waals surface area contributed by atoms with E-state index in [4.69, 9.17) is 4.74 Å². The average molecular weight is 384 g/mol. The largest absolute Gasteiger partial charge is 0.381 e. The number of ether oxygens (including phenoxy) is 1. The number of amides is 1. The van der Waals surface area contributed by atoms with Gasteiger partial charge < -0.3 is 14.5 Å². The molecule has 0 spiro atoms. The van der Waals surface area contributed by atoms with E-state index in [0.717, 1.165) is 63.7 Å². The first-order valence-electron chi connectivity index (χ1n) is 11.2. The lowest BCUT2D eigenvalue weighted by Gasteiger charge is -2.37. The van der Waals surface area contributed by atoms with Gasteiger partial charge in [-0.1, -0.05) is 0 Å². The van der Waals surface area contributed by atoms with Crippen LogP contribution in [-0.4, -0.2) is 73.2 Å². The Morgan fingerprint density at radius 3 is 2.64 bits per heavy atom. The molecule has 5 rings (SSSR count). The molecule has 0 bridgehead atoms. The van der Waals surface area contributed by atoms with E-state index in [1.165, 1.54) is 37.1 Å². The monoisotopic (exact) mass is 383 g/mol. The molecule has 1 aromatic carbocycles. The molecule has 4 aliphatic heterocycles. The van der Waals surface area contributed by atoms with Crippen molar-refractivity contribution in [1.82, 2.24) is 9.80 Å². The highest BCUT2D eigenvalue weighted by Gasteiger charge is 2.34. The van der Waals surface area contributed by atoms with Gasteiger partial charge in [-0.2, -0.15) is 0 Å². The van der Waals surface area contributed by atoms with Crippen LogP contribution in [0.3, 0.4) is 0 Å². The third-order valence-corrected chi connectivity index (χ3v) is 7.44. The lowest BCUT2D eigenvalue weighted by Crippen LogP contribution is -2.47. The second-order valence-corrected chi connectivity index (χ2v) is 9.05. The third-order valence-electron chi connectivity index (χ3n) is 7.44. The van der Waals surface area contributed by atoms with E-state index in [2.05, 4.69) is 39.8 Å². The SMILES string of the molecule is CC1CCCN1C1CCN(c2ccc3c(c2)CCN(C2CCOCC2)C3=O)C1. The van der Waals surface area contributed by atoms with E-state index >= 15 is 0 Å². The summed E-state index contributed by atoms with van der Waals surface area (Å²) in [6, 6.07) is 8.35. The van der Waals surface area contributed by atoms with Crippen LogP contribution in [-0.2, 0) is 11.2 Å². The summed E-state index contributed by atoms with van der Waals surface area (Å²) in [5.74, 6) is 0.227. The minimum Gasteiger partial charge on any atom is -0.381 e. The van der Waals surface area contributed by atoms with Gasteiger partial charge in [0.1, 0.15) is 0 Å². The predicted octanol–water partition coefficient (Wildman–Crippen LogP) is 2.93. The van der Waals surface area contributed by atoms with E-state index in [1.54, 1.807) is 0 Å². The number of benzene rings is 1. The highest BCUT2D eigenvalue weighted by atomic mass is 16.5. The second-order valence-electron chi connectivity index (χ2n) is 9.05. The molecule has 4 aliphatic rings. The van der Waals surface area contributed by atoms with Crippen LogP contribution in [0.4, 0.5) is 5.69 Å². The standard InChI is InChI=1S/C23H33N3O2/c1-17-3-2-10-25(17)21-7-11-24(16-21)20-4-5-22-18(15-20)6-12-26(23(22)27)19-8-13-28-14-9-19/h4-5,15,17,19,21H,2-3,6-14,16H2,1H3. The molecule has 2 atom stereocenters. The van der Waals surface area contributed by atoms with Crippen molar-refractivity contribution < 1.29 is 9.53 Å². The molecule has 3 fully saturated rings. The highest BCUT2D eigenvalue weighted by molar-refractivity contribution is 5.97. The molecule has 3 saturated heterocycles. The molecular formula is C23H33N3O2. The number of rotatable bonds is 3. The Balaban J connectivity index is 1.28. The van der Waals surface area contributed by atoms with Crippen LogP contribution in [0.25, 0.3) is 0 Å². The summed E-state index contributed by atoms with van der Waals surface area (Å²) < 4.78 is 5.47. The molecule has 152 valence electrons. The fourth-order valence-corrected chi connectivity index (χ4v) is 5.78. The molecular weight excluding hydrogens is 350 g/mol. The Morgan fingerprint density at radius 2 is 1.86 bits per heavy atom. The Labute approximate surface area is 168 Å². The maximum absolute atomic E-state index is 13.1. The van der Waals surface area contributed by atoms with Crippen molar-refractivity contribution in [3.63, 3.8) is 0 Å². The van der Waals surface area contributed by atoms with Gasteiger partial charge in [-0.15, -0.1) is 0 Å². The van der Waals surface area contributed by atoms with E-state index in [-0.39, 0.29) is 5.91 Å². The van der Waals surface area contributed by atoms with Crippen molar-refractivity contribution in [3.05, 3.63) is 29.3 Å². The van der Waals surface area contributed by atoms with Crippen LogP contribution in [0.2, 0.25) is 0 Å². The summed E-state index contributed by atoms with van der Waals surface area (Å²) in [6.07, 6.45) is 6.89. The fourth-order valence-electron chi connectivity index (χ4n) is 5.78. The zero-order valence-corrected chi connectivity index (χ0v) is 17.1. The zero-order chi connectivity index (χ0) is 19.1. The van der Waals surface area contributed by atoms with Crippen LogP contribution in [0.15, 0.2) is 18.2 Å². The zero-order valence-electron chi connectivity index (χ0n) is 17.1. The number of nitrogens with zero attached hydrogens (tertiary/aromatic N) is 3. The van der Waals surface area contributed by atoms with Crippen molar-refractivity contribution in [3.8, 4) is 0 Å². The van der Waals surface area contributed by atoms with Crippen LogP contribution in [0, 0.1) is 0 Å². The molecule has 5 nitrogen and oxygen atoms in total. The fraction of sp³-hybridized carbons (Fsp3) is 0.696. The average Bonchev–Trinajstić information content (AvgIpc) is 3.37. The molecule has 0 aliphatic carbocycles. The van der Waals surface area contributed by atoms with E-state index in [9.17, 15) is 4.79 Å². The topological polar surface area (TPSA) is 36.0 Å². The van der Waals surface area contributed by atoms with Gasteiger partial charge in [0.15, 0.2) is 0 Å². The van der Waals surface area contributed by atoms with Crippen LogP contribution in [0.1, 0.15) is 54.9 Å². The normalized spacial score (nSPS) is 29.5. The van der Waals surface area contributed by atoms with Gasteiger partial charge in [0, 0.05) is 62.2 Å². The second kappa shape index (κ2) is 7.68. The van der Waals surface area contributed by atoms with Crippen LogP contribution in [0.5, 0.6) is 0 Å². The van der Waals surface area contributed by atoms with Gasteiger partial charge in [-0.05, 0) is 75.8 Å². The number of hydrogen-bond donors (Lipinski definition) is 0. The molecule has 2 unspecified atom stereocenters. The van der Waals surface area contributed by atoms with Crippen molar-refractivity contribution in [2.75, 3.05) is 44.3 Å². The van der Waals surface area contributed by atoms with Crippen molar-refractivity contribution in [1.29, 1.82) is 0 Å². The molecule has 1 aromatic rings. The lowest BCUT2D eigenvalue weighted by molar-refractivity contribution is 0.0276. The minimum absolute atomic E-state index is 0.227. The summed E-state index contributed by atoms with van der Waals surface area (Å²) in [7, 11) is 0. The minimum atomic E-state index is 0.227. The number of carbonyl (C=O) groups excluding carboxylic acids is 1. The first-order valence-corrected chi connectivity index (χ1v) is 11.2. The molecule has 0 radical (unpaired) electrons. The summed E-state index contributed by atoms with van der Waals surface area (Å²) >= 11 is 0. The molecule has 28 heavy (non-hydrogen) atoms. The van der Waals surface area contributed by atoms with Gasteiger partial charge in [0.05, 0.1) is 0 Å². The Morgan fingerprint density at radius 1 is 1.00 bits per heavy atom. The van der Waals surface area contributed by atoms with Gasteiger partial charge >= 0.3 is 0 Å². The van der Waals surface area contributed by atoms with Gasteiger partial charge in [0.2, 0.25) is 0 Å². The molecule has 4 heterocycles. The lowest BCUT2D eigenvalue weighted by atomic mass is 9.95. The van der Waals surface area contributed by atoms with Gasteiger partial charge in [-0.25, -0.2) is 0 Å². The first-order chi connectivity index (χ1) is 13.7. The summed E-state index contributed by atoms with van der Waals surface area (Å²) in [6.45, 7) is 8.33. The molecule has 0 aromatic heterocycles. The maximum atomic E-state index is 13.1. The summed E-state index contributed by atoms with van der Waals surface area (Å²) in [5.41, 5.74) is 3.47. The smallest absolute Gasteiger partial charge is 0.254 e. The van der Waals surface area contributed by atoms with Crippen molar-refractivity contribution >= 4 is 11.6 Å². The van der Waals surface area contributed by atoms with Crippen LogP contribution < -0.4 is 4.90 Å². The van der Waals surface area contributed by atoms with E-state index in [1.807, 2.05) is 0 Å². The number of anilines is 1. The first kappa shape index (κ1) is 18.4. The van der Waals surface area contributed by atoms with Crippen LogP contribution >= 0.6 is 0 Å². The Hall–Kier alpha value is -1.59. The molecule has 5 heteroatoms. The van der Waals surface area contributed by atoms with Crippen molar-refractivity contribution in [2.45, 2.75) is 63.6 Å². The summed E-state index contributed by atoms with van der Waals surface area (Å²) in [5, 5.41) is 0. The molecule has 1 amide bonds. The van der Waals surface area contributed by atoms with Gasteiger partial charge in [0.25, 0.3) is 5.91 Å². The quantitative estimate of drug-likeness (QED) is 0.804. The van der Waals surface area contributed by atoms with E-state index in [0.29, 0.717) is 12.1 Å². The predicted molar refractivity (Wildman–Crippen MR) is 111 cm³/mol. The Bertz CT molecular complexity index is 731. The number of fused-ring (bicyclic) bond motifs is 1. The number of hydrogen-bond acceptors (Lipinski definition) is 4. The number of likely N-dealkylation sites (tertiary alicyclic amines) is 1. The van der Waals surface area contributed by atoms with Gasteiger partial charge in [-0.3, -0.25) is 9.69 Å². The third kappa shape index (κ3) is 3.33. The Kier molecular flexibility index (Phi) is 5.06. The summed E-state index contributed by atoms with van der Waals surface area (Å²) in [4.78, 5) is 20.4. The maximum Gasteiger partial charge on any atom is 0.254 e. The van der Waals surface area contributed by atoms with Crippen molar-refractivity contribution in [2.24, 2.45) is 0 Å². The highest BCUT2D eigenvalue weighted by Crippen LogP contribution is 2.31. The van der Waals surface area contributed by atoms with E-state index < -0.39 is 0 Å². The molecule has 0 saturated carbocycles.